The summed E-state index contributed by atoms with van der Waals surface area (Å²) >= 11 is 6.00. The molecule has 1 aliphatic rings. The molecule has 1 atom stereocenters. The summed E-state index contributed by atoms with van der Waals surface area (Å²) in [6.45, 7) is 0.381. The standard InChI is InChI=1S/C20H19ClN2O4/c1-27-20(26)15-11-14(7-8-16(15)21)22-19(25)17-9-10-18(24)23(17)12-13-5-3-2-4-6-13/h2-8,11,17H,9-10,12H2,1H3,(H,22,25). The Labute approximate surface area is 162 Å². The molecule has 2 aromatic carbocycles. The number of amides is 2. The molecule has 1 heterocycles. The van der Waals surface area contributed by atoms with Crippen molar-refractivity contribution in [3.63, 3.8) is 0 Å². The molecule has 27 heavy (non-hydrogen) atoms. The van der Waals surface area contributed by atoms with Gasteiger partial charge in [0.2, 0.25) is 11.8 Å². The number of carbonyl (C=O) groups is 3. The first-order valence-corrected chi connectivity index (χ1v) is 8.89. The van der Waals surface area contributed by atoms with E-state index in [1.54, 1.807) is 11.0 Å². The Kier molecular flexibility index (Phi) is 5.76. The molecule has 1 saturated heterocycles. The van der Waals surface area contributed by atoms with E-state index in [1.807, 2.05) is 30.3 Å². The minimum atomic E-state index is -0.585. The highest BCUT2D eigenvalue weighted by Gasteiger charge is 2.36. The fourth-order valence-electron chi connectivity index (χ4n) is 3.08. The zero-order valence-corrected chi connectivity index (χ0v) is 15.5. The number of likely N-dealkylation sites (tertiary alicyclic amines) is 1. The highest BCUT2D eigenvalue weighted by Crippen LogP contribution is 2.25. The summed E-state index contributed by atoms with van der Waals surface area (Å²) in [5.74, 6) is -0.932. The number of anilines is 1. The molecule has 6 nitrogen and oxygen atoms in total. The zero-order chi connectivity index (χ0) is 19.4. The molecule has 1 unspecified atom stereocenters. The van der Waals surface area contributed by atoms with Crippen LogP contribution in [0.3, 0.4) is 0 Å². The van der Waals surface area contributed by atoms with Crippen molar-refractivity contribution in [2.24, 2.45) is 0 Å². The smallest absolute Gasteiger partial charge is 0.339 e. The van der Waals surface area contributed by atoms with Crippen LogP contribution in [-0.2, 0) is 20.9 Å². The fraction of sp³-hybridized carbons (Fsp3) is 0.250. The second-order valence-electron chi connectivity index (χ2n) is 6.24. The number of nitrogens with one attached hydrogen (secondary N) is 1. The minimum absolute atomic E-state index is 0.0506. The summed E-state index contributed by atoms with van der Waals surface area (Å²) in [7, 11) is 1.26. The maximum Gasteiger partial charge on any atom is 0.339 e. The molecule has 0 bridgehead atoms. The van der Waals surface area contributed by atoms with Gasteiger partial charge in [-0.15, -0.1) is 0 Å². The quantitative estimate of drug-likeness (QED) is 0.800. The van der Waals surface area contributed by atoms with Crippen LogP contribution >= 0.6 is 11.6 Å². The predicted octanol–water partition coefficient (Wildman–Crippen LogP) is 3.26. The number of esters is 1. The predicted molar refractivity (Wildman–Crippen MR) is 101 cm³/mol. The Morgan fingerprint density at radius 3 is 2.67 bits per heavy atom. The van der Waals surface area contributed by atoms with E-state index in [0.717, 1.165) is 5.56 Å². The van der Waals surface area contributed by atoms with Crippen molar-refractivity contribution < 1.29 is 19.1 Å². The van der Waals surface area contributed by atoms with Crippen LogP contribution in [0.1, 0.15) is 28.8 Å². The molecule has 7 heteroatoms. The lowest BCUT2D eigenvalue weighted by Gasteiger charge is -2.24. The number of hydrogen-bond donors (Lipinski definition) is 1. The second-order valence-corrected chi connectivity index (χ2v) is 6.64. The van der Waals surface area contributed by atoms with Crippen LogP contribution in [0.2, 0.25) is 5.02 Å². The normalized spacial score (nSPS) is 16.3. The first kappa shape index (κ1) is 18.9. The van der Waals surface area contributed by atoms with E-state index in [-0.39, 0.29) is 22.4 Å². The Bertz CT molecular complexity index is 870. The second kappa shape index (κ2) is 8.22. The average molecular weight is 387 g/mol. The van der Waals surface area contributed by atoms with Crippen LogP contribution in [-0.4, -0.2) is 35.8 Å². The number of benzene rings is 2. The van der Waals surface area contributed by atoms with Gasteiger partial charge in [0, 0.05) is 18.7 Å². The number of rotatable bonds is 5. The van der Waals surface area contributed by atoms with Crippen molar-refractivity contribution in [2.45, 2.75) is 25.4 Å². The highest BCUT2D eigenvalue weighted by molar-refractivity contribution is 6.33. The minimum Gasteiger partial charge on any atom is -0.465 e. The fourth-order valence-corrected chi connectivity index (χ4v) is 3.27. The maximum atomic E-state index is 12.7. The third kappa shape index (κ3) is 4.28. The Morgan fingerprint density at radius 2 is 1.96 bits per heavy atom. The van der Waals surface area contributed by atoms with E-state index >= 15 is 0 Å². The van der Waals surface area contributed by atoms with Crippen molar-refractivity contribution in [1.82, 2.24) is 4.90 Å². The summed E-state index contributed by atoms with van der Waals surface area (Å²) < 4.78 is 4.69. The third-order valence-corrected chi connectivity index (χ3v) is 4.80. The lowest BCUT2D eigenvalue weighted by atomic mass is 10.1. The van der Waals surface area contributed by atoms with Crippen molar-refractivity contribution in [1.29, 1.82) is 0 Å². The number of methoxy groups -OCH3 is 1. The summed E-state index contributed by atoms with van der Waals surface area (Å²) in [6.07, 6.45) is 0.786. The molecule has 1 N–H and O–H groups in total. The summed E-state index contributed by atoms with van der Waals surface area (Å²) in [5, 5.41) is 3.01. The molecule has 0 saturated carbocycles. The Balaban J connectivity index is 1.75. The van der Waals surface area contributed by atoms with Gasteiger partial charge in [-0.2, -0.15) is 0 Å². The molecular formula is C20H19ClN2O4. The van der Waals surface area contributed by atoms with Crippen molar-refractivity contribution in [3.05, 3.63) is 64.7 Å². The van der Waals surface area contributed by atoms with Gasteiger partial charge in [-0.1, -0.05) is 41.9 Å². The summed E-state index contributed by atoms with van der Waals surface area (Å²) in [4.78, 5) is 38.3. The van der Waals surface area contributed by atoms with Gasteiger partial charge in [0.25, 0.3) is 0 Å². The van der Waals surface area contributed by atoms with Gasteiger partial charge in [-0.3, -0.25) is 9.59 Å². The third-order valence-electron chi connectivity index (χ3n) is 4.47. The van der Waals surface area contributed by atoms with Crippen LogP contribution in [0, 0.1) is 0 Å². The van der Waals surface area contributed by atoms with E-state index in [4.69, 9.17) is 11.6 Å². The van der Waals surface area contributed by atoms with Crippen LogP contribution in [0.25, 0.3) is 0 Å². The molecule has 140 valence electrons. The lowest BCUT2D eigenvalue weighted by Crippen LogP contribution is -2.41. The van der Waals surface area contributed by atoms with E-state index in [9.17, 15) is 14.4 Å². The van der Waals surface area contributed by atoms with Crippen LogP contribution in [0.15, 0.2) is 48.5 Å². The summed E-state index contributed by atoms with van der Waals surface area (Å²) in [5.41, 5.74) is 1.55. The first-order chi connectivity index (χ1) is 13.0. The number of nitrogens with zero attached hydrogens (tertiary/aromatic N) is 1. The molecular weight excluding hydrogens is 368 g/mol. The van der Waals surface area contributed by atoms with Gasteiger partial charge in [0.05, 0.1) is 17.7 Å². The van der Waals surface area contributed by atoms with Crippen LogP contribution < -0.4 is 5.32 Å². The number of halogens is 1. The van der Waals surface area contributed by atoms with E-state index in [2.05, 4.69) is 10.1 Å². The SMILES string of the molecule is COC(=O)c1cc(NC(=O)C2CCC(=O)N2Cc2ccccc2)ccc1Cl. The maximum absolute atomic E-state index is 12.7. The van der Waals surface area contributed by atoms with E-state index in [1.165, 1.54) is 19.2 Å². The van der Waals surface area contributed by atoms with Gasteiger partial charge >= 0.3 is 5.97 Å². The van der Waals surface area contributed by atoms with Gasteiger partial charge in [-0.05, 0) is 30.2 Å². The van der Waals surface area contributed by atoms with E-state index < -0.39 is 12.0 Å². The number of ether oxygens (including phenoxy) is 1. The molecule has 1 aliphatic heterocycles. The average Bonchev–Trinajstić information content (AvgIpc) is 3.04. The molecule has 1 fully saturated rings. The van der Waals surface area contributed by atoms with Gasteiger partial charge in [-0.25, -0.2) is 4.79 Å². The van der Waals surface area contributed by atoms with Crippen molar-refractivity contribution in [2.75, 3.05) is 12.4 Å². The largest absolute Gasteiger partial charge is 0.465 e. The molecule has 0 aliphatic carbocycles. The van der Waals surface area contributed by atoms with Gasteiger partial charge in [0.1, 0.15) is 6.04 Å². The number of carbonyl (C=O) groups excluding carboxylic acids is 3. The van der Waals surface area contributed by atoms with E-state index in [0.29, 0.717) is 25.1 Å². The molecule has 2 amide bonds. The van der Waals surface area contributed by atoms with Gasteiger partial charge < -0.3 is 15.0 Å². The first-order valence-electron chi connectivity index (χ1n) is 8.51. The topological polar surface area (TPSA) is 75.7 Å². The molecule has 2 aromatic rings. The number of hydrogen-bond acceptors (Lipinski definition) is 4. The summed E-state index contributed by atoms with van der Waals surface area (Å²) in [6, 6.07) is 13.6. The van der Waals surface area contributed by atoms with Crippen LogP contribution in [0.4, 0.5) is 5.69 Å². The van der Waals surface area contributed by atoms with Crippen molar-refractivity contribution >= 4 is 35.1 Å². The Hall–Kier alpha value is -2.86. The lowest BCUT2D eigenvalue weighted by molar-refractivity contribution is -0.133. The molecule has 3 rings (SSSR count). The monoisotopic (exact) mass is 386 g/mol. The molecule has 0 aromatic heterocycles. The van der Waals surface area contributed by atoms with Crippen molar-refractivity contribution in [3.8, 4) is 0 Å². The highest BCUT2D eigenvalue weighted by atomic mass is 35.5. The van der Waals surface area contributed by atoms with Gasteiger partial charge in [0.15, 0.2) is 0 Å². The Morgan fingerprint density at radius 1 is 1.22 bits per heavy atom. The zero-order valence-electron chi connectivity index (χ0n) is 14.8. The van der Waals surface area contributed by atoms with Crippen LogP contribution in [0.5, 0.6) is 0 Å². The molecule has 0 spiro atoms. The molecule has 0 radical (unpaired) electrons.